The van der Waals surface area contributed by atoms with E-state index < -0.39 is 57.7 Å². The second kappa shape index (κ2) is 34.7. The predicted molar refractivity (Wildman–Crippen MR) is 279 cm³/mol. The zero-order chi connectivity index (χ0) is 52.7. The van der Waals surface area contributed by atoms with Crippen molar-refractivity contribution in [2.24, 2.45) is 0 Å². The van der Waals surface area contributed by atoms with Gasteiger partial charge in [0.2, 0.25) is 20.0 Å². The van der Waals surface area contributed by atoms with E-state index in [1.54, 1.807) is 46.3 Å². The van der Waals surface area contributed by atoms with Crippen LogP contribution < -0.4 is 24.5 Å². The number of aliphatic hydroxyl groups is 1. The second-order valence-corrected chi connectivity index (χ2v) is 27.9. The van der Waals surface area contributed by atoms with Crippen molar-refractivity contribution in [3.8, 4) is 0 Å². The Labute approximate surface area is 418 Å². The number of quaternary nitrogens is 1. The lowest BCUT2D eigenvalue weighted by Crippen LogP contribution is -3.00. The third kappa shape index (κ3) is 32.8. The number of carboxylic acids is 1. The number of halogens is 1. The number of hydrogen-bond acceptors (Lipinski definition) is 11. The topological polar surface area (TPSA) is 212 Å². The summed E-state index contributed by atoms with van der Waals surface area (Å²) in [5.41, 5.74) is -1.51. The fourth-order valence-electron chi connectivity index (χ4n) is 7.09. The lowest BCUT2D eigenvalue weighted by Gasteiger charge is -2.43. The Bertz CT molecular complexity index is 1830. The average molecular weight is 1040 g/mol. The van der Waals surface area contributed by atoms with Crippen LogP contribution in [0.25, 0.3) is 0 Å². The highest BCUT2D eigenvalue weighted by Crippen LogP contribution is 2.36. The average Bonchev–Trinajstić information content (AvgIpc) is 3.21. The van der Waals surface area contributed by atoms with E-state index in [1.165, 1.54) is 82.0 Å². The normalized spacial score (nSPS) is 12.0. The summed E-state index contributed by atoms with van der Waals surface area (Å²) in [5.74, 6) is -1.37. The van der Waals surface area contributed by atoms with Crippen LogP contribution in [0.2, 0.25) is 5.04 Å². The smallest absolute Gasteiger partial charge is 0.421 e. The van der Waals surface area contributed by atoms with Crippen molar-refractivity contribution in [2.45, 2.75) is 177 Å². The molecule has 0 fully saturated rings. The number of unbranched alkanes of at least 4 members (excludes halogenated alkanes) is 4. The molecule has 0 aliphatic rings. The van der Waals surface area contributed by atoms with Crippen LogP contribution in [0.4, 0.5) is 9.59 Å². The fraction of sp³-hybridized carbons (Fsp3) is 0.700. The number of benzene rings is 2. The standard InChI is InChI=1S/C24H35NO5SSi.C16H36N.C8H17NO5S.C2H4O2.FH/c1-23(2,3)30-22(26)25-31(27,28)19-13-18-29-32(24(4,5)6,20-14-9-7-10-15-20)21-16-11-8-12-17-21;1-5-9-13-17(14-10-6-2,15-11-7-3)16-12-8-4;1-8(2,3)14-7(11)9-15(12,13)6-4-5-10;1-2(3)4;/h7-12,14-17H,13,18-19H2,1-6H3,(H,25,26);5-16H2,1-4H3;10H,4-6H2,1-3H3,(H,9,11);1H3,(H,3,4);1H/q;+1;;;/p-1. The van der Waals surface area contributed by atoms with Crippen LogP contribution in [-0.2, 0) is 38.7 Å². The number of amides is 2. The van der Waals surface area contributed by atoms with Crippen molar-refractivity contribution >= 4 is 56.9 Å². The first-order valence-corrected chi connectivity index (χ1v) is 29.5. The third-order valence-corrected chi connectivity index (χ3v) is 17.7. The van der Waals surface area contributed by atoms with E-state index in [1.807, 2.05) is 41.1 Å². The Morgan fingerprint density at radius 1 is 0.580 bits per heavy atom. The van der Waals surface area contributed by atoms with Gasteiger partial charge in [0, 0.05) is 20.1 Å². The summed E-state index contributed by atoms with van der Waals surface area (Å²) < 4.78 is 68.6. The van der Waals surface area contributed by atoms with Crippen molar-refractivity contribution in [2.75, 3.05) is 50.9 Å². The summed E-state index contributed by atoms with van der Waals surface area (Å²) in [6.45, 7) is 32.5. The Balaban J connectivity index is -0.000000993. The summed E-state index contributed by atoms with van der Waals surface area (Å²) in [6.07, 6.45) is 9.43. The molecular formula is C50H92FN3O12S2Si. The summed E-state index contributed by atoms with van der Waals surface area (Å²) in [4.78, 5) is 31.9. The fourth-order valence-corrected chi connectivity index (χ4v) is 13.5. The van der Waals surface area contributed by atoms with Gasteiger partial charge in [-0.1, -0.05) is 135 Å². The minimum absolute atomic E-state index is 0. The number of hydrogen-bond donors (Lipinski definition) is 4. The molecule has 2 rings (SSSR count). The molecule has 0 saturated carbocycles. The van der Waals surface area contributed by atoms with Crippen LogP contribution in [-0.4, -0.2) is 120 Å². The largest absolute Gasteiger partial charge is 1.00 e. The highest BCUT2D eigenvalue weighted by molar-refractivity contribution is 7.90. The number of ether oxygens (including phenoxy) is 2. The molecule has 2 aromatic rings. The number of carbonyl (C=O) groups excluding carboxylic acids is 2. The molecule has 69 heavy (non-hydrogen) atoms. The number of rotatable bonds is 24. The Morgan fingerprint density at radius 2 is 0.884 bits per heavy atom. The van der Waals surface area contributed by atoms with E-state index in [2.05, 4.69) is 72.7 Å². The SMILES string of the molecule is CC(=O)O.CC(C)(C)OC(=O)NS(=O)(=O)CCCO.CC(C)(C)OC(=O)NS(=O)(=O)CCCO[Si](c1ccccc1)(c1ccccc1)C(C)(C)C.CCCC[N+](CCCC)(CCCC)CCCC.[F-]. The van der Waals surface area contributed by atoms with E-state index in [0.717, 1.165) is 17.3 Å². The molecule has 4 N–H and O–H groups in total. The van der Waals surface area contributed by atoms with Gasteiger partial charge in [-0.2, -0.15) is 0 Å². The van der Waals surface area contributed by atoms with Crippen molar-refractivity contribution in [3.63, 3.8) is 0 Å². The predicted octanol–water partition coefficient (Wildman–Crippen LogP) is 6.13. The quantitative estimate of drug-likeness (QED) is 0.0532. The number of aliphatic hydroxyl groups excluding tert-OH is 1. The summed E-state index contributed by atoms with van der Waals surface area (Å²) in [5, 5.41) is 17.9. The van der Waals surface area contributed by atoms with Gasteiger partial charge in [-0.15, -0.1) is 0 Å². The molecule has 2 aromatic carbocycles. The number of carbonyl (C=O) groups is 3. The molecule has 0 bridgehead atoms. The zero-order valence-corrected chi connectivity index (χ0v) is 47.3. The zero-order valence-electron chi connectivity index (χ0n) is 44.6. The van der Waals surface area contributed by atoms with Crippen LogP contribution in [0.3, 0.4) is 0 Å². The number of sulfonamides is 2. The van der Waals surface area contributed by atoms with E-state index >= 15 is 0 Å². The van der Waals surface area contributed by atoms with Crippen LogP contribution in [0.1, 0.15) is 161 Å². The number of nitrogens with zero attached hydrogens (tertiary/aromatic N) is 1. The van der Waals surface area contributed by atoms with E-state index in [0.29, 0.717) is 0 Å². The van der Waals surface area contributed by atoms with Crippen LogP contribution in [0.5, 0.6) is 0 Å². The highest BCUT2D eigenvalue weighted by Gasteiger charge is 2.50. The van der Waals surface area contributed by atoms with E-state index in [4.69, 9.17) is 28.9 Å². The van der Waals surface area contributed by atoms with Gasteiger partial charge >= 0.3 is 12.2 Å². The van der Waals surface area contributed by atoms with Gasteiger partial charge in [-0.25, -0.2) is 35.9 Å². The second-order valence-electron chi connectivity index (χ2n) is 20.0. The molecule has 0 atom stereocenters. The highest BCUT2D eigenvalue weighted by atomic mass is 32.2. The minimum Gasteiger partial charge on any atom is -1.00 e. The Hall–Kier alpha value is -3.62. The van der Waals surface area contributed by atoms with Gasteiger partial charge in [0.25, 0.3) is 14.3 Å². The summed E-state index contributed by atoms with van der Waals surface area (Å²) in [6, 6.07) is 20.3. The van der Waals surface area contributed by atoms with Gasteiger partial charge in [0.1, 0.15) is 11.2 Å². The molecule has 0 unspecified atom stereocenters. The molecular weight excluding hydrogens is 946 g/mol. The van der Waals surface area contributed by atoms with E-state index in [9.17, 15) is 26.4 Å². The van der Waals surface area contributed by atoms with Gasteiger partial charge in [-0.05, 0) is 95.5 Å². The van der Waals surface area contributed by atoms with Crippen molar-refractivity contribution in [1.82, 2.24) is 9.44 Å². The molecule has 15 nitrogen and oxygen atoms in total. The Morgan fingerprint density at radius 3 is 1.14 bits per heavy atom. The summed E-state index contributed by atoms with van der Waals surface area (Å²) in [7, 11) is -10.2. The lowest BCUT2D eigenvalue weighted by molar-refractivity contribution is -0.929. The number of nitrogens with one attached hydrogen (secondary N) is 2. The molecule has 0 aliphatic carbocycles. The van der Waals surface area contributed by atoms with Crippen LogP contribution >= 0.6 is 0 Å². The van der Waals surface area contributed by atoms with Crippen molar-refractivity contribution < 1.29 is 64.5 Å². The maximum absolute atomic E-state index is 12.3. The molecule has 0 spiro atoms. The van der Waals surface area contributed by atoms with Crippen molar-refractivity contribution in [1.29, 1.82) is 0 Å². The molecule has 0 aliphatic heterocycles. The van der Waals surface area contributed by atoms with Crippen LogP contribution in [0.15, 0.2) is 60.7 Å². The number of aliphatic carboxylic acids is 1. The first-order chi connectivity index (χ1) is 31.4. The molecule has 2 amide bonds. The monoisotopic (exact) mass is 1040 g/mol. The van der Waals surface area contributed by atoms with E-state index in [-0.39, 0.29) is 47.3 Å². The maximum atomic E-state index is 12.3. The minimum atomic E-state index is -3.82. The lowest BCUT2D eigenvalue weighted by atomic mass is 10.1. The van der Waals surface area contributed by atoms with Crippen molar-refractivity contribution in [3.05, 3.63) is 60.7 Å². The molecule has 19 heteroatoms. The van der Waals surface area contributed by atoms with Crippen LogP contribution in [0, 0.1) is 0 Å². The molecule has 0 aromatic heterocycles. The van der Waals surface area contributed by atoms with Gasteiger partial charge < -0.3 is 33.3 Å². The summed E-state index contributed by atoms with van der Waals surface area (Å²) >= 11 is 0. The molecule has 0 heterocycles. The first-order valence-electron chi connectivity index (χ1n) is 24.3. The third-order valence-electron chi connectivity index (χ3n) is 10.1. The number of carboxylic acid groups (broad SMARTS) is 1. The van der Waals surface area contributed by atoms with Gasteiger partial charge in [-0.3, -0.25) is 4.79 Å². The Kier molecular flexibility index (Phi) is 35.0. The maximum Gasteiger partial charge on any atom is 0.421 e. The molecule has 0 radical (unpaired) electrons. The molecule has 402 valence electrons. The molecule has 0 saturated heterocycles. The first kappa shape index (κ1) is 69.6. The van der Waals surface area contributed by atoms with Gasteiger partial charge in [0.05, 0.1) is 37.7 Å². The van der Waals surface area contributed by atoms with Gasteiger partial charge in [0.15, 0.2) is 0 Å².